The highest BCUT2D eigenvalue weighted by molar-refractivity contribution is 5.95. The van der Waals surface area contributed by atoms with E-state index in [2.05, 4.69) is 15.5 Å². The van der Waals surface area contributed by atoms with Gasteiger partial charge in [0.15, 0.2) is 5.60 Å². The number of likely N-dealkylation sites (tertiary alicyclic amines) is 1. The van der Waals surface area contributed by atoms with Crippen molar-refractivity contribution in [1.29, 1.82) is 0 Å². The van der Waals surface area contributed by atoms with Crippen LogP contribution in [0.2, 0.25) is 0 Å². The fourth-order valence-electron chi connectivity index (χ4n) is 7.20. The number of rotatable bonds is 10. The van der Waals surface area contributed by atoms with Crippen molar-refractivity contribution in [2.24, 2.45) is 5.41 Å². The number of phenols is 1. The molecule has 1 spiro atoms. The Bertz CT molecular complexity index is 1390. The molecule has 3 aliphatic heterocycles. The standard InChI is InChI=1S/C34H52N4O11/c1-19-13-22(14-20(2)26(19)42)29(44)35-16-24(41)27(43)28-25(36-21(3)39)23(40)15-34(49-28,31(46)47)8-10-38-11-12-48-18-33(38)7-9-37(17-33)30(45)32(4,5)6/h13-14,23-25,27-28,40-43H,7-12,15-18H2,1-6H3,(H,35,44)(H,36,39)(H,46,47)/t23-,24+,25+,27+,28+,33-,34+/m0/s1. The molecule has 0 bridgehead atoms. The van der Waals surface area contributed by atoms with Gasteiger partial charge in [-0.1, -0.05) is 20.8 Å². The summed E-state index contributed by atoms with van der Waals surface area (Å²) in [5.74, 6) is -2.48. The second-order valence-electron chi connectivity index (χ2n) is 14.8. The van der Waals surface area contributed by atoms with E-state index in [0.29, 0.717) is 50.4 Å². The van der Waals surface area contributed by atoms with Crippen molar-refractivity contribution >= 4 is 23.7 Å². The van der Waals surface area contributed by atoms with Crippen LogP contribution < -0.4 is 10.6 Å². The normalized spacial score (nSPS) is 29.0. The average Bonchev–Trinajstić information content (AvgIpc) is 3.45. The van der Waals surface area contributed by atoms with Gasteiger partial charge >= 0.3 is 5.97 Å². The van der Waals surface area contributed by atoms with Gasteiger partial charge in [0.2, 0.25) is 11.8 Å². The Kier molecular flexibility index (Phi) is 11.7. The first-order valence-electron chi connectivity index (χ1n) is 16.7. The van der Waals surface area contributed by atoms with E-state index in [1.807, 2.05) is 25.7 Å². The number of carbonyl (C=O) groups excluding carboxylic acids is 3. The third-order valence-electron chi connectivity index (χ3n) is 9.98. The number of aromatic hydroxyl groups is 1. The second kappa shape index (κ2) is 14.9. The van der Waals surface area contributed by atoms with Gasteiger partial charge in [-0.3, -0.25) is 19.3 Å². The van der Waals surface area contributed by atoms with Crippen LogP contribution in [0.15, 0.2) is 12.1 Å². The monoisotopic (exact) mass is 692 g/mol. The summed E-state index contributed by atoms with van der Waals surface area (Å²) < 4.78 is 12.0. The lowest BCUT2D eigenvalue weighted by atomic mass is 9.81. The highest BCUT2D eigenvalue weighted by atomic mass is 16.6. The van der Waals surface area contributed by atoms with Crippen molar-refractivity contribution in [2.45, 2.75) is 102 Å². The van der Waals surface area contributed by atoms with E-state index in [-0.39, 0.29) is 30.2 Å². The number of aliphatic hydroxyl groups is 3. The number of carboxylic acids is 1. The summed E-state index contributed by atoms with van der Waals surface area (Å²) in [5.41, 5.74) is -1.94. The zero-order valence-electron chi connectivity index (χ0n) is 29.2. The van der Waals surface area contributed by atoms with Gasteiger partial charge < -0.3 is 50.5 Å². The summed E-state index contributed by atoms with van der Waals surface area (Å²) in [4.78, 5) is 54.9. The van der Waals surface area contributed by atoms with Gasteiger partial charge in [-0.15, -0.1) is 0 Å². The molecule has 7 atom stereocenters. The molecule has 3 fully saturated rings. The molecule has 0 radical (unpaired) electrons. The molecule has 274 valence electrons. The predicted molar refractivity (Wildman–Crippen MR) is 176 cm³/mol. The molecule has 3 heterocycles. The van der Waals surface area contributed by atoms with E-state index in [1.165, 1.54) is 19.1 Å². The molecule has 0 unspecified atom stereocenters. The maximum atomic E-state index is 13.1. The fraction of sp³-hybridized carbons (Fsp3) is 0.706. The highest BCUT2D eigenvalue weighted by Crippen LogP contribution is 2.38. The summed E-state index contributed by atoms with van der Waals surface area (Å²) in [6.45, 7) is 12.0. The van der Waals surface area contributed by atoms with Gasteiger partial charge in [0.25, 0.3) is 5.91 Å². The van der Waals surface area contributed by atoms with Crippen LogP contribution >= 0.6 is 0 Å². The Labute approximate surface area is 286 Å². The number of ether oxygens (including phenoxy) is 2. The van der Waals surface area contributed by atoms with Crippen LogP contribution in [0.1, 0.15) is 68.4 Å². The lowest BCUT2D eigenvalue weighted by Gasteiger charge is -2.49. The van der Waals surface area contributed by atoms with Crippen LogP contribution in [-0.4, -0.2) is 147 Å². The van der Waals surface area contributed by atoms with E-state index in [0.717, 1.165) is 0 Å². The van der Waals surface area contributed by atoms with Gasteiger partial charge in [-0.05, 0) is 43.5 Å². The first kappa shape index (κ1) is 38.5. The quantitative estimate of drug-likeness (QED) is 0.168. The number of aliphatic carboxylic acids is 1. The number of carboxylic acid groups (broad SMARTS) is 1. The molecule has 1 aromatic carbocycles. The highest BCUT2D eigenvalue weighted by Gasteiger charge is 2.55. The average molecular weight is 693 g/mol. The molecule has 3 amide bonds. The topological polar surface area (TPSA) is 218 Å². The summed E-state index contributed by atoms with van der Waals surface area (Å²) >= 11 is 0. The van der Waals surface area contributed by atoms with Crippen LogP contribution in [0.25, 0.3) is 0 Å². The second-order valence-corrected chi connectivity index (χ2v) is 14.8. The first-order chi connectivity index (χ1) is 22.8. The molecule has 0 saturated carbocycles. The number of aryl methyl sites for hydroxylation is 2. The van der Waals surface area contributed by atoms with Crippen molar-refractivity contribution < 1.29 is 54.2 Å². The van der Waals surface area contributed by atoms with E-state index in [1.54, 1.807) is 13.8 Å². The number of benzene rings is 1. The number of nitrogens with zero attached hydrogens (tertiary/aromatic N) is 2. The smallest absolute Gasteiger partial charge is 0.336 e. The van der Waals surface area contributed by atoms with Crippen molar-refractivity contribution in [3.63, 3.8) is 0 Å². The molecule has 15 nitrogen and oxygen atoms in total. The summed E-state index contributed by atoms with van der Waals surface area (Å²) in [6, 6.07) is 1.67. The minimum Gasteiger partial charge on any atom is -0.507 e. The molecule has 7 N–H and O–H groups in total. The molecule has 3 saturated heterocycles. The molecule has 1 aromatic rings. The Morgan fingerprint density at radius 2 is 1.76 bits per heavy atom. The maximum absolute atomic E-state index is 13.1. The number of aliphatic hydroxyl groups excluding tert-OH is 3. The number of hydrogen-bond donors (Lipinski definition) is 7. The Morgan fingerprint density at radius 3 is 2.35 bits per heavy atom. The largest absolute Gasteiger partial charge is 0.507 e. The third-order valence-corrected chi connectivity index (χ3v) is 9.98. The number of hydrogen-bond acceptors (Lipinski definition) is 11. The number of amides is 3. The minimum absolute atomic E-state index is 0.0134. The SMILES string of the molecule is CC(=O)N[C@H]1[C@H]([C@H](O)[C@H](O)CNC(=O)c2cc(C)c(O)c(C)c2)O[C@@](CCN2CCOC[C@@]23CCN(C(=O)C(C)(C)C)C3)(C(=O)O)C[C@@H]1O. The first-order valence-corrected chi connectivity index (χ1v) is 16.7. The van der Waals surface area contributed by atoms with E-state index in [4.69, 9.17) is 9.47 Å². The predicted octanol–water partition coefficient (Wildman–Crippen LogP) is -0.322. The Balaban J connectivity index is 1.51. The van der Waals surface area contributed by atoms with E-state index >= 15 is 0 Å². The number of phenolic OH excluding ortho intramolecular Hbond substituents is 1. The third kappa shape index (κ3) is 8.35. The van der Waals surface area contributed by atoms with Gasteiger partial charge in [-0.2, -0.15) is 0 Å². The van der Waals surface area contributed by atoms with Gasteiger partial charge in [0.05, 0.1) is 37.0 Å². The maximum Gasteiger partial charge on any atom is 0.336 e. The fourth-order valence-corrected chi connectivity index (χ4v) is 7.20. The molecule has 0 aromatic heterocycles. The van der Waals surface area contributed by atoms with Gasteiger partial charge in [0.1, 0.15) is 18.0 Å². The van der Waals surface area contributed by atoms with Crippen LogP contribution in [0.4, 0.5) is 0 Å². The molecular formula is C34H52N4O11. The lowest BCUT2D eigenvalue weighted by molar-refractivity contribution is -0.231. The van der Waals surface area contributed by atoms with Crippen LogP contribution in [0.5, 0.6) is 5.75 Å². The zero-order valence-corrected chi connectivity index (χ0v) is 29.2. The summed E-state index contributed by atoms with van der Waals surface area (Å²) in [7, 11) is 0. The molecule has 49 heavy (non-hydrogen) atoms. The molecule has 4 rings (SSSR count). The number of carbonyl (C=O) groups is 4. The number of morpholine rings is 1. The summed E-state index contributed by atoms with van der Waals surface area (Å²) in [6.07, 6.45) is -6.46. The minimum atomic E-state index is -2.01. The van der Waals surface area contributed by atoms with Gasteiger partial charge in [-0.25, -0.2) is 4.79 Å². The number of nitrogens with one attached hydrogen (secondary N) is 2. The van der Waals surface area contributed by atoms with Crippen molar-refractivity contribution in [1.82, 2.24) is 20.4 Å². The molecule has 0 aliphatic carbocycles. The molecule has 15 heteroatoms. The van der Waals surface area contributed by atoms with Crippen molar-refractivity contribution in [3.8, 4) is 5.75 Å². The van der Waals surface area contributed by atoms with E-state index < -0.39 is 77.8 Å². The van der Waals surface area contributed by atoms with E-state index in [9.17, 15) is 44.7 Å². The van der Waals surface area contributed by atoms with Crippen LogP contribution in [-0.2, 0) is 23.9 Å². The molecule has 3 aliphatic rings. The van der Waals surface area contributed by atoms with Gasteiger partial charge in [0, 0.05) is 63.5 Å². The van der Waals surface area contributed by atoms with Crippen LogP contribution in [0, 0.1) is 19.3 Å². The van der Waals surface area contributed by atoms with Crippen molar-refractivity contribution in [3.05, 3.63) is 28.8 Å². The molecular weight excluding hydrogens is 640 g/mol. The van der Waals surface area contributed by atoms with Crippen molar-refractivity contribution in [2.75, 3.05) is 45.9 Å². The van der Waals surface area contributed by atoms with Crippen LogP contribution in [0.3, 0.4) is 0 Å². The lowest BCUT2D eigenvalue weighted by Crippen LogP contribution is -2.68. The Hall–Kier alpha value is -3.34. The summed E-state index contributed by atoms with van der Waals surface area (Å²) in [5, 5.41) is 59.1. The Morgan fingerprint density at radius 1 is 1.10 bits per heavy atom. The zero-order chi connectivity index (χ0) is 36.5.